The normalized spacial score (nSPS) is 10.6. The van der Waals surface area contributed by atoms with E-state index >= 15 is 0 Å². The highest BCUT2D eigenvalue weighted by Crippen LogP contribution is 2.11. The monoisotopic (exact) mass is 274 g/mol. The molecule has 20 heavy (non-hydrogen) atoms. The van der Waals surface area contributed by atoms with Crippen molar-refractivity contribution in [3.05, 3.63) is 46.1 Å². The average Bonchev–Trinajstić information content (AvgIpc) is 2.45. The van der Waals surface area contributed by atoms with Crippen molar-refractivity contribution in [2.45, 2.75) is 26.3 Å². The van der Waals surface area contributed by atoms with E-state index in [1.165, 1.54) is 6.07 Å². The molecule has 0 saturated carbocycles. The molecule has 0 aromatic carbocycles. The summed E-state index contributed by atoms with van der Waals surface area (Å²) in [4.78, 5) is 22.8. The zero-order valence-corrected chi connectivity index (χ0v) is 11.8. The van der Waals surface area contributed by atoms with E-state index in [1.807, 2.05) is 19.9 Å². The molecule has 0 fully saturated rings. The van der Waals surface area contributed by atoms with Gasteiger partial charge in [0.1, 0.15) is 11.6 Å². The summed E-state index contributed by atoms with van der Waals surface area (Å²) in [6.45, 7) is 4.51. The maximum atomic E-state index is 11.5. The Bertz CT molecular complexity index is 620. The third-order valence-corrected chi connectivity index (χ3v) is 2.79. The van der Waals surface area contributed by atoms with Gasteiger partial charge >= 0.3 is 0 Å². The molecule has 0 spiro atoms. The lowest BCUT2D eigenvalue weighted by atomic mass is 10.2. The molecule has 0 amide bonds. The highest BCUT2D eigenvalue weighted by Gasteiger charge is 2.05. The van der Waals surface area contributed by atoms with Crippen molar-refractivity contribution in [2.24, 2.45) is 0 Å². The first kappa shape index (κ1) is 14.0. The molecule has 0 unspecified atom stereocenters. The van der Waals surface area contributed by atoms with E-state index in [2.05, 4.69) is 20.3 Å². The number of H-pyrrole nitrogens is 1. The van der Waals surface area contributed by atoms with Gasteiger partial charge in [-0.05, 0) is 5.56 Å². The number of methoxy groups -OCH3 is 1. The van der Waals surface area contributed by atoms with Crippen molar-refractivity contribution < 1.29 is 4.74 Å². The van der Waals surface area contributed by atoms with E-state index in [9.17, 15) is 4.79 Å². The maximum absolute atomic E-state index is 11.5. The van der Waals surface area contributed by atoms with Crippen LogP contribution in [0.15, 0.2) is 29.2 Å². The van der Waals surface area contributed by atoms with Crippen LogP contribution >= 0.6 is 0 Å². The third kappa shape index (κ3) is 3.57. The molecule has 0 atom stereocenters. The molecular weight excluding hydrogens is 256 g/mol. The standard InChI is InChI=1S/C14H18N4O2/c1-9(2)14-17-11(6-12(19)18-14)15-7-10-4-5-13(20-3)16-8-10/h4-6,8-9H,7H2,1-3H3,(H2,15,17,18,19). The first-order valence-corrected chi connectivity index (χ1v) is 6.42. The largest absolute Gasteiger partial charge is 0.481 e. The van der Waals surface area contributed by atoms with Crippen molar-refractivity contribution in [2.75, 3.05) is 12.4 Å². The summed E-state index contributed by atoms with van der Waals surface area (Å²) >= 11 is 0. The van der Waals surface area contributed by atoms with Crippen molar-refractivity contribution in [1.82, 2.24) is 15.0 Å². The van der Waals surface area contributed by atoms with Gasteiger partial charge in [0.05, 0.1) is 7.11 Å². The highest BCUT2D eigenvalue weighted by molar-refractivity contribution is 5.34. The van der Waals surface area contributed by atoms with E-state index in [0.29, 0.717) is 24.1 Å². The number of pyridine rings is 1. The first-order valence-electron chi connectivity index (χ1n) is 6.42. The van der Waals surface area contributed by atoms with Crippen LogP contribution in [0.2, 0.25) is 0 Å². The topological polar surface area (TPSA) is 79.9 Å². The molecule has 2 aromatic rings. The lowest BCUT2D eigenvalue weighted by Gasteiger charge is -2.09. The van der Waals surface area contributed by atoms with Gasteiger partial charge in [0, 0.05) is 30.8 Å². The van der Waals surface area contributed by atoms with Crippen molar-refractivity contribution in [1.29, 1.82) is 0 Å². The van der Waals surface area contributed by atoms with Crippen LogP contribution in [0.1, 0.15) is 31.2 Å². The smallest absolute Gasteiger partial charge is 0.252 e. The molecule has 6 heteroatoms. The Labute approximate surface area is 117 Å². The van der Waals surface area contributed by atoms with Gasteiger partial charge in [0.25, 0.3) is 5.56 Å². The fraction of sp³-hybridized carbons (Fsp3) is 0.357. The fourth-order valence-electron chi connectivity index (χ4n) is 1.67. The molecular formula is C14H18N4O2. The Hall–Kier alpha value is -2.37. The van der Waals surface area contributed by atoms with E-state index < -0.39 is 0 Å². The lowest BCUT2D eigenvalue weighted by Crippen LogP contribution is -2.14. The molecule has 6 nitrogen and oxygen atoms in total. The Balaban J connectivity index is 2.08. The summed E-state index contributed by atoms with van der Waals surface area (Å²) in [6, 6.07) is 5.15. The van der Waals surface area contributed by atoms with E-state index in [1.54, 1.807) is 19.4 Å². The average molecular weight is 274 g/mol. The molecule has 2 heterocycles. The molecule has 0 aliphatic rings. The van der Waals surface area contributed by atoms with Crippen molar-refractivity contribution >= 4 is 5.82 Å². The van der Waals surface area contributed by atoms with Crippen LogP contribution < -0.4 is 15.6 Å². The SMILES string of the molecule is COc1ccc(CNc2cc(=O)[nH]c(C(C)C)n2)cn1. The molecule has 2 aromatic heterocycles. The number of ether oxygens (including phenoxy) is 1. The second-order valence-electron chi connectivity index (χ2n) is 4.73. The zero-order chi connectivity index (χ0) is 14.5. The van der Waals surface area contributed by atoms with Crippen LogP contribution in [0.25, 0.3) is 0 Å². The van der Waals surface area contributed by atoms with Gasteiger partial charge in [-0.3, -0.25) is 4.79 Å². The summed E-state index contributed by atoms with van der Waals surface area (Å²) in [5, 5.41) is 3.12. The molecule has 0 aliphatic heterocycles. The van der Waals surface area contributed by atoms with Gasteiger partial charge in [-0.2, -0.15) is 0 Å². The summed E-state index contributed by atoms with van der Waals surface area (Å²) in [6.07, 6.45) is 1.72. The number of anilines is 1. The number of nitrogens with zero attached hydrogens (tertiary/aromatic N) is 2. The van der Waals surface area contributed by atoms with Crippen LogP contribution in [0, 0.1) is 0 Å². The van der Waals surface area contributed by atoms with Gasteiger partial charge < -0.3 is 15.0 Å². The minimum absolute atomic E-state index is 0.154. The van der Waals surface area contributed by atoms with Crippen LogP contribution in [0.5, 0.6) is 5.88 Å². The second-order valence-corrected chi connectivity index (χ2v) is 4.73. The summed E-state index contributed by atoms with van der Waals surface area (Å²) in [5.74, 6) is 1.98. The highest BCUT2D eigenvalue weighted by atomic mass is 16.5. The maximum Gasteiger partial charge on any atom is 0.252 e. The third-order valence-electron chi connectivity index (χ3n) is 2.79. The summed E-state index contributed by atoms with van der Waals surface area (Å²) < 4.78 is 5.00. The molecule has 2 rings (SSSR count). The number of hydrogen-bond acceptors (Lipinski definition) is 5. The van der Waals surface area contributed by atoms with E-state index in [0.717, 1.165) is 5.56 Å². The van der Waals surface area contributed by atoms with E-state index in [4.69, 9.17) is 4.74 Å². The number of nitrogens with one attached hydrogen (secondary N) is 2. The molecule has 0 radical (unpaired) electrons. The predicted octanol–water partition coefficient (Wildman–Crippen LogP) is 1.91. The fourth-order valence-corrected chi connectivity index (χ4v) is 1.67. The van der Waals surface area contributed by atoms with Gasteiger partial charge in [0.15, 0.2) is 0 Å². The minimum atomic E-state index is -0.154. The Morgan fingerprint density at radius 3 is 2.80 bits per heavy atom. The quantitative estimate of drug-likeness (QED) is 0.870. The van der Waals surface area contributed by atoms with Gasteiger partial charge in [-0.25, -0.2) is 9.97 Å². The lowest BCUT2D eigenvalue weighted by molar-refractivity contribution is 0.397. The van der Waals surface area contributed by atoms with Crippen LogP contribution in [-0.4, -0.2) is 22.1 Å². The first-order chi connectivity index (χ1) is 9.58. The van der Waals surface area contributed by atoms with Crippen LogP contribution in [-0.2, 0) is 6.54 Å². The van der Waals surface area contributed by atoms with Gasteiger partial charge in [0.2, 0.25) is 5.88 Å². The Morgan fingerprint density at radius 2 is 2.20 bits per heavy atom. The van der Waals surface area contributed by atoms with Gasteiger partial charge in [-0.15, -0.1) is 0 Å². The zero-order valence-electron chi connectivity index (χ0n) is 11.8. The summed E-state index contributed by atoms with van der Waals surface area (Å²) in [7, 11) is 1.58. The summed E-state index contributed by atoms with van der Waals surface area (Å²) in [5.41, 5.74) is 0.832. The molecule has 0 aliphatic carbocycles. The minimum Gasteiger partial charge on any atom is -0.481 e. The number of aromatic amines is 1. The molecule has 0 saturated heterocycles. The molecule has 0 bridgehead atoms. The van der Waals surface area contributed by atoms with Gasteiger partial charge in [-0.1, -0.05) is 19.9 Å². The molecule has 2 N–H and O–H groups in total. The Morgan fingerprint density at radius 1 is 1.40 bits per heavy atom. The predicted molar refractivity (Wildman–Crippen MR) is 77.1 cm³/mol. The number of hydrogen-bond donors (Lipinski definition) is 2. The van der Waals surface area contributed by atoms with Crippen LogP contribution in [0.4, 0.5) is 5.82 Å². The molecule has 106 valence electrons. The van der Waals surface area contributed by atoms with Crippen molar-refractivity contribution in [3.63, 3.8) is 0 Å². The number of aromatic nitrogens is 3. The van der Waals surface area contributed by atoms with Crippen molar-refractivity contribution in [3.8, 4) is 5.88 Å². The number of rotatable bonds is 5. The van der Waals surface area contributed by atoms with E-state index in [-0.39, 0.29) is 11.5 Å². The van der Waals surface area contributed by atoms with Crippen LogP contribution in [0.3, 0.4) is 0 Å². The second kappa shape index (κ2) is 6.18. The Kier molecular flexibility index (Phi) is 4.34.